The Kier molecular flexibility index (Phi) is 8.33. The fraction of sp³-hybridized carbons (Fsp3) is 0.522. The molecule has 2 aromatic rings. The SMILES string of the molecule is COCC(CO[C@H]1CCN(C2CCN(c3ccc(C#N)cn3)CC2)C1=O)Oc1cn[nH]c(=O)c1Br. The minimum absolute atomic E-state index is 0.00452. The minimum Gasteiger partial charge on any atom is -0.483 e. The number of rotatable bonds is 9. The van der Waals surface area contributed by atoms with Gasteiger partial charge >= 0.3 is 0 Å². The number of amides is 1. The molecule has 0 radical (unpaired) electrons. The average Bonchev–Trinajstić information content (AvgIpc) is 3.25. The summed E-state index contributed by atoms with van der Waals surface area (Å²) in [5, 5.41) is 15.0. The fourth-order valence-corrected chi connectivity index (χ4v) is 4.68. The Bertz CT molecular complexity index is 1110. The lowest BCUT2D eigenvalue weighted by atomic mass is 10.0. The molecule has 4 rings (SSSR count). The molecule has 0 aromatic carbocycles. The molecule has 2 aromatic heterocycles. The number of hydrogen-bond acceptors (Lipinski definition) is 9. The van der Waals surface area contributed by atoms with Gasteiger partial charge < -0.3 is 24.0 Å². The van der Waals surface area contributed by atoms with Crippen LogP contribution in [0.15, 0.2) is 33.8 Å². The van der Waals surface area contributed by atoms with Crippen molar-refractivity contribution in [1.29, 1.82) is 5.26 Å². The predicted octanol–water partition coefficient (Wildman–Crippen LogP) is 1.48. The quantitative estimate of drug-likeness (QED) is 0.496. The number of likely N-dealkylation sites (tertiary alicyclic amines) is 1. The third-order valence-corrected chi connectivity index (χ3v) is 6.94. The van der Waals surface area contributed by atoms with E-state index in [1.165, 1.54) is 6.20 Å². The number of aromatic nitrogens is 3. The highest BCUT2D eigenvalue weighted by atomic mass is 79.9. The lowest BCUT2D eigenvalue weighted by Gasteiger charge is -2.37. The molecule has 1 unspecified atom stereocenters. The third kappa shape index (κ3) is 5.98. The second-order valence-electron chi connectivity index (χ2n) is 8.45. The number of piperidine rings is 1. The van der Waals surface area contributed by atoms with Gasteiger partial charge in [-0.15, -0.1) is 0 Å². The van der Waals surface area contributed by atoms with Crippen LogP contribution in [0.3, 0.4) is 0 Å². The van der Waals surface area contributed by atoms with Crippen LogP contribution >= 0.6 is 15.9 Å². The van der Waals surface area contributed by atoms with Crippen LogP contribution in [-0.4, -0.2) is 84.2 Å². The second-order valence-corrected chi connectivity index (χ2v) is 9.24. The number of methoxy groups -OCH3 is 1. The number of carbonyl (C=O) groups excluding carboxylic acids is 1. The molecule has 1 amide bonds. The van der Waals surface area contributed by atoms with E-state index in [9.17, 15) is 9.59 Å². The van der Waals surface area contributed by atoms with E-state index in [1.54, 1.807) is 19.4 Å². The Balaban J connectivity index is 1.28. The number of nitrogens with one attached hydrogen (secondary N) is 1. The normalized spacial score (nSPS) is 19.6. The Labute approximate surface area is 211 Å². The van der Waals surface area contributed by atoms with E-state index >= 15 is 0 Å². The fourth-order valence-electron chi connectivity index (χ4n) is 4.39. The van der Waals surface area contributed by atoms with Gasteiger partial charge in [0.05, 0.1) is 25.0 Å². The highest BCUT2D eigenvalue weighted by molar-refractivity contribution is 9.10. The van der Waals surface area contributed by atoms with E-state index in [1.807, 2.05) is 11.0 Å². The van der Waals surface area contributed by atoms with Crippen molar-refractivity contribution >= 4 is 27.7 Å². The second kappa shape index (κ2) is 11.6. The molecule has 12 heteroatoms. The van der Waals surface area contributed by atoms with Gasteiger partial charge in [-0.1, -0.05) is 0 Å². The molecule has 2 saturated heterocycles. The lowest BCUT2D eigenvalue weighted by Crippen LogP contribution is -2.47. The number of H-pyrrole nitrogens is 1. The van der Waals surface area contributed by atoms with Gasteiger partial charge in [-0.2, -0.15) is 10.4 Å². The molecule has 2 fully saturated rings. The first-order valence-electron chi connectivity index (χ1n) is 11.4. The zero-order valence-electron chi connectivity index (χ0n) is 19.4. The van der Waals surface area contributed by atoms with Crippen LogP contribution in [0.2, 0.25) is 0 Å². The Morgan fingerprint density at radius 3 is 2.69 bits per heavy atom. The summed E-state index contributed by atoms with van der Waals surface area (Å²) in [6.07, 6.45) is 4.25. The number of ether oxygens (including phenoxy) is 3. The predicted molar refractivity (Wildman–Crippen MR) is 129 cm³/mol. The molecule has 11 nitrogen and oxygen atoms in total. The monoisotopic (exact) mass is 546 g/mol. The molecule has 0 aliphatic carbocycles. The van der Waals surface area contributed by atoms with Crippen LogP contribution in [-0.2, 0) is 14.3 Å². The van der Waals surface area contributed by atoms with Crippen molar-refractivity contribution in [3.05, 3.63) is 44.9 Å². The Morgan fingerprint density at radius 2 is 2.00 bits per heavy atom. The maximum absolute atomic E-state index is 13.1. The van der Waals surface area contributed by atoms with Gasteiger partial charge in [0.25, 0.3) is 11.5 Å². The molecule has 35 heavy (non-hydrogen) atoms. The summed E-state index contributed by atoms with van der Waals surface area (Å²) in [5.41, 5.74) is 0.138. The van der Waals surface area contributed by atoms with Crippen LogP contribution in [0.5, 0.6) is 5.75 Å². The molecular weight excluding hydrogens is 520 g/mol. The number of pyridine rings is 1. The number of nitrogens with zero attached hydrogens (tertiary/aromatic N) is 5. The first kappa shape index (κ1) is 25.1. The van der Waals surface area contributed by atoms with E-state index < -0.39 is 17.8 Å². The van der Waals surface area contributed by atoms with Crippen molar-refractivity contribution in [3.63, 3.8) is 0 Å². The van der Waals surface area contributed by atoms with Crippen molar-refractivity contribution in [2.45, 2.75) is 37.5 Å². The first-order chi connectivity index (χ1) is 17.0. The van der Waals surface area contributed by atoms with Crippen molar-refractivity contribution in [1.82, 2.24) is 20.1 Å². The van der Waals surface area contributed by atoms with Crippen molar-refractivity contribution in [2.24, 2.45) is 0 Å². The van der Waals surface area contributed by atoms with E-state index in [2.05, 4.69) is 42.1 Å². The van der Waals surface area contributed by atoms with Gasteiger partial charge in [0.2, 0.25) is 0 Å². The molecule has 2 aliphatic heterocycles. The van der Waals surface area contributed by atoms with E-state index in [0.29, 0.717) is 18.5 Å². The number of halogens is 1. The van der Waals surface area contributed by atoms with Gasteiger partial charge in [0.15, 0.2) is 5.75 Å². The molecule has 2 aliphatic rings. The smallest absolute Gasteiger partial charge is 0.282 e. The maximum atomic E-state index is 13.1. The summed E-state index contributed by atoms with van der Waals surface area (Å²) in [4.78, 5) is 33.3. The van der Waals surface area contributed by atoms with E-state index in [4.69, 9.17) is 19.5 Å². The minimum atomic E-state index is -0.531. The van der Waals surface area contributed by atoms with Crippen LogP contribution < -0.4 is 15.2 Å². The molecule has 186 valence electrons. The van der Waals surface area contributed by atoms with Crippen LogP contribution in [0.25, 0.3) is 0 Å². The zero-order valence-corrected chi connectivity index (χ0v) is 20.9. The molecule has 0 spiro atoms. The lowest BCUT2D eigenvalue weighted by molar-refractivity contribution is -0.141. The van der Waals surface area contributed by atoms with E-state index in [-0.39, 0.29) is 35.4 Å². The van der Waals surface area contributed by atoms with E-state index in [0.717, 1.165) is 31.7 Å². The molecule has 2 atom stereocenters. The molecular formula is C23H27BrN6O5. The van der Waals surface area contributed by atoms with Crippen LogP contribution in [0.1, 0.15) is 24.8 Å². The number of nitriles is 1. The summed E-state index contributed by atoms with van der Waals surface area (Å²) in [7, 11) is 1.55. The Morgan fingerprint density at radius 1 is 1.20 bits per heavy atom. The first-order valence-corrected chi connectivity index (χ1v) is 12.2. The summed E-state index contributed by atoms with van der Waals surface area (Å²) in [6.45, 7) is 2.61. The average molecular weight is 547 g/mol. The molecule has 4 heterocycles. The standard InChI is InChI=1S/C23H27BrN6O5/c1-33-13-17(35-19-12-27-28-22(31)21(19)24)14-34-18-6-9-30(23(18)32)16-4-7-29(8-5-16)20-3-2-15(10-25)11-26-20/h2-3,11-12,16-18H,4-9,13-14H2,1H3,(H,28,31)/t17?,18-/m0/s1. The van der Waals surface area contributed by atoms with Crippen molar-refractivity contribution < 1.29 is 19.0 Å². The summed E-state index contributed by atoms with van der Waals surface area (Å²) >= 11 is 3.19. The molecule has 0 bridgehead atoms. The number of hydrogen-bond donors (Lipinski definition) is 1. The van der Waals surface area contributed by atoms with Gasteiger partial charge in [-0.3, -0.25) is 9.59 Å². The number of carbonyl (C=O) groups is 1. The van der Waals surface area contributed by atoms with Gasteiger partial charge in [0.1, 0.15) is 28.6 Å². The summed E-state index contributed by atoms with van der Waals surface area (Å²) in [6, 6.07) is 5.88. The summed E-state index contributed by atoms with van der Waals surface area (Å²) < 4.78 is 17.2. The van der Waals surface area contributed by atoms with Gasteiger partial charge in [-0.05, 0) is 40.9 Å². The van der Waals surface area contributed by atoms with Gasteiger partial charge in [0, 0.05) is 45.4 Å². The highest BCUT2D eigenvalue weighted by Crippen LogP contribution is 2.26. The van der Waals surface area contributed by atoms with Crippen molar-refractivity contribution in [2.75, 3.05) is 44.9 Å². The zero-order chi connectivity index (χ0) is 24.8. The summed E-state index contributed by atoms with van der Waals surface area (Å²) in [5.74, 6) is 1.13. The number of anilines is 1. The van der Waals surface area contributed by atoms with Crippen LogP contribution in [0.4, 0.5) is 5.82 Å². The molecule has 1 N–H and O–H groups in total. The third-order valence-electron chi connectivity index (χ3n) is 6.19. The number of aromatic amines is 1. The van der Waals surface area contributed by atoms with Gasteiger partial charge in [-0.25, -0.2) is 10.1 Å². The van der Waals surface area contributed by atoms with Crippen molar-refractivity contribution in [3.8, 4) is 11.8 Å². The maximum Gasteiger partial charge on any atom is 0.282 e. The van der Waals surface area contributed by atoms with Crippen LogP contribution in [0, 0.1) is 11.3 Å². The highest BCUT2D eigenvalue weighted by Gasteiger charge is 2.38. The molecule has 0 saturated carbocycles. The Hall–Kier alpha value is -3.01. The topological polar surface area (TPSA) is 134 Å². The largest absolute Gasteiger partial charge is 0.483 e.